The molecule has 98 valence electrons. The first kappa shape index (κ1) is 12.5. The van der Waals surface area contributed by atoms with Crippen molar-refractivity contribution >= 4 is 11.9 Å². The maximum Gasteiger partial charge on any atom is 0.356 e. The Morgan fingerprint density at radius 3 is 2.78 bits per heavy atom. The van der Waals surface area contributed by atoms with Crippen LogP contribution in [0.4, 0.5) is 0 Å². The van der Waals surface area contributed by atoms with Gasteiger partial charge in [-0.2, -0.15) is 0 Å². The minimum atomic E-state index is -1.17. The Kier molecular flexibility index (Phi) is 3.59. The maximum absolute atomic E-state index is 11.8. The Hall–Kier alpha value is -1.92. The van der Waals surface area contributed by atoms with E-state index >= 15 is 0 Å². The molecule has 18 heavy (non-hydrogen) atoms. The van der Waals surface area contributed by atoms with Crippen molar-refractivity contribution < 1.29 is 14.7 Å². The highest BCUT2D eigenvalue weighted by Gasteiger charge is 2.29. The molecule has 2 rings (SSSR count). The summed E-state index contributed by atoms with van der Waals surface area (Å²) in [6.07, 6.45) is 3.60. The quantitative estimate of drug-likeness (QED) is 0.775. The monoisotopic (exact) mass is 252 g/mol. The fourth-order valence-corrected chi connectivity index (χ4v) is 1.62. The van der Waals surface area contributed by atoms with Crippen LogP contribution < -0.4 is 5.32 Å². The number of aromatic nitrogens is 3. The lowest BCUT2D eigenvalue weighted by molar-refractivity contribution is 0.0677. The number of hydrogen-bond donors (Lipinski definition) is 2. The molecule has 1 heterocycles. The van der Waals surface area contributed by atoms with Gasteiger partial charge in [0, 0.05) is 12.6 Å². The van der Waals surface area contributed by atoms with Gasteiger partial charge in [-0.3, -0.25) is 4.79 Å². The topological polar surface area (TPSA) is 97.1 Å². The van der Waals surface area contributed by atoms with Gasteiger partial charge in [0.15, 0.2) is 11.4 Å². The highest BCUT2D eigenvalue weighted by atomic mass is 16.4. The summed E-state index contributed by atoms with van der Waals surface area (Å²) in [4.78, 5) is 23.0. The van der Waals surface area contributed by atoms with Crippen LogP contribution in [0.15, 0.2) is 0 Å². The second-order valence-electron chi connectivity index (χ2n) is 4.42. The van der Waals surface area contributed by atoms with E-state index in [4.69, 9.17) is 5.11 Å². The molecule has 1 aromatic heterocycles. The first-order valence-electron chi connectivity index (χ1n) is 6.11. The van der Waals surface area contributed by atoms with Crippen molar-refractivity contribution in [3.05, 3.63) is 11.4 Å². The number of hydrogen-bond acceptors (Lipinski definition) is 4. The van der Waals surface area contributed by atoms with Crippen LogP contribution in [0.2, 0.25) is 0 Å². The first-order chi connectivity index (χ1) is 8.63. The molecular weight excluding hydrogens is 236 g/mol. The molecule has 1 fully saturated rings. The number of carboxylic acid groups (broad SMARTS) is 1. The van der Waals surface area contributed by atoms with E-state index in [9.17, 15) is 9.59 Å². The summed E-state index contributed by atoms with van der Waals surface area (Å²) >= 11 is 0. The van der Waals surface area contributed by atoms with Crippen molar-refractivity contribution in [2.24, 2.45) is 0 Å². The van der Waals surface area contributed by atoms with Crippen LogP contribution in [-0.2, 0) is 6.54 Å². The Balaban J connectivity index is 2.20. The third-order valence-electron chi connectivity index (χ3n) is 2.79. The molecule has 1 aliphatic carbocycles. The largest absolute Gasteiger partial charge is 0.476 e. The van der Waals surface area contributed by atoms with E-state index in [0.29, 0.717) is 6.54 Å². The molecule has 0 spiro atoms. The highest BCUT2D eigenvalue weighted by Crippen LogP contribution is 2.19. The molecule has 0 saturated heterocycles. The zero-order valence-electron chi connectivity index (χ0n) is 10.2. The van der Waals surface area contributed by atoms with Gasteiger partial charge in [-0.1, -0.05) is 18.6 Å². The van der Waals surface area contributed by atoms with Gasteiger partial charge in [-0.25, -0.2) is 9.48 Å². The third-order valence-corrected chi connectivity index (χ3v) is 2.79. The average molecular weight is 252 g/mol. The van der Waals surface area contributed by atoms with Crippen LogP contribution in [-0.4, -0.2) is 38.0 Å². The summed E-state index contributed by atoms with van der Waals surface area (Å²) in [7, 11) is 0. The number of nitrogens with zero attached hydrogens (tertiary/aromatic N) is 3. The number of carboxylic acids is 1. The number of unbranched alkanes of at least 4 members (excludes halogenated alkanes) is 1. The van der Waals surface area contributed by atoms with Crippen molar-refractivity contribution in [1.29, 1.82) is 0 Å². The lowest BCUT2D eigenvalue weighted by Gasteiger charge is -2.03. The molecular formula is C11H16N4O3. The summed E-state index contributed by atoms with van der Waals surface area (Å²) in [6.45, 7) is 2.46. The molecule has 1 aliphatic rings. The summed E-state index contributed by atoms with van der Waals surface area (Å²) in [5.41, 5.74) is -0.216. The van der Waals surface area contributed by atoms with E-state index in [1.54, 1.807) is 0 Å². The second kappa shape index (κ2) is 5.16. The SMILES string of the molecule is CCCCn1nnc(C(=O)NC2CC2)c1C(=O)O. The first-order valence-corrected chi connectivity index (χ1v) is 6.11. The predicted octanol–water partition coefficient (Wildman–Crippen LogP) is 0.669. The lowest BCUT2D eigenvalue weighted by atomic mass is 10.2. The van der Waals surface area contributed by atoms with Gasteiger partial charge in [-0.15, -0.1) is 5.10 Å². The number of carbonyl (C=O) groups excluding carboxylic acids is 1. The third kappa shape index (κ3) is 2.66. The van der Waals surface area contributed by atoms with Gasteiger partial charge in [0.2, 0.25) is 0 Å². The maximum atomic E-state index is 11.8. The van der Waals surface area contributed by atoms with Crippen molar-refractivity contribution in [2.45, 2.75) is 45.2 Å². The smallest absolute Gasteiger partial charge is 0.356 e. The van der Waals surface area contributed by atoms with Crippen LogP contribution in [0.25, 0.3) is 0 Å². The number of aryl methyl sites for hydroxylation is 1. The zero-order valence-corrected chi connectivity index (χ0v) is 10.2. The minimum Gasteiger partial charge on any atom is -0.476 e. The molecule has 0 unspecified atom stereocenters. The summed E-state index contributed by atoms with van der Waals surface area (Å²) in [6, 6.07) is 0.167. The van der Waals surface area contributed by atoms with Crippen molar-refractivity contribution in [1.82, 2.24) is 20.3 Å². The summed E-state index contributed by atoms with van der Waals surface area (Å²) in [5.74, 6) is -1.62. The number of aromatic carboxylic acids is 1. The van der Waals surface area contributed by atoms with Crippen LogP contribution in [0.1, 0.15) is 53.6 Å². The molecule has 7 heteroatoms. The molecule has 7 nitrogen and oxygen atoms in total. The number of rotatable bonds is 6. The van der Waals surface area contributed by atoms with E-state index in [-0.39, 0.29) is 17.4 Å². The van der Waals surface area contributed by atoms with Crippen LogP contribution >= 0.6 is 0 Å². The van der Waals surface area contributed by atoms with Gasteiger partial charge < -0.3 is 10.4 Å². The van der Waals surface area contributed by atoms with Crippen LogP contribution in [0, 0.1) is 0 Å². The molecule has 1 saturated carbocycles. The Morgan fingerprint density at radius 1 is 1.50 bits per heavy atom. The second-order valence-corrected chi connectivity index (χ2v) is 4.42. The van der Waals surface area contributed by atoms with E-state index in [1.165, 1.54) is 4.68 Å². The van der Waals surface area contributed by atoms with E-state index in [1.807, 2.05) is 6.92 Å². The molecule has 0 aromatic carbocycles. The van der Waals surface area contributed by atoms with Gasteiger partial charge in [0.25, 0.3) is 5.91 Å². The summed E-state index contributed by atoms with van der Waals surface area (Å²) in [5, 5.41) is 19.3. The van der Waals surface area contributed by atoms with Crippen molar-refractivity contribution in [3.8, 4) is 0 Å². The number of nitrogens with one attached hydrogen (secondary N) is 1. The molecule has 0 aliphatic heterocycles. The fourth-order valence-electron chi connectivity index (χ4n) is 1.62. The Morgan fingerprint density at radius 2 is 2.22 bits per heavy atom. The average Bonchev–Trinajstić information content (AvgIpc) is 3.03. The molecule has 0 atom stereocenters. The van der Waals surface area contributed by atoms with Crippen molar-refractivity contribution in [3.63, 3.8) is 0 Å². The van der Waals surface area contributed by atoms with Crippen LogP contribution in [0.5, 0.6) is 0 Å². The Labute approximate surface area is 104 Å². The minimum absolute atomic E-state index is 0.0921. The molecule has 0 bridgehead atoms. The summed E-state index contributed by atoms with van der Waals surface area (Å²) < 4.78 is 1.29. The molecule has 1 aromatic rings. The molecule has 2 N–H and O–H groups in total. The predicted molar refractivity (Wildman–Crippen MR) is 62.4 cm³/mol. The van der Waals surface area contributed by atoms with Gasteiger partial charge in [-0.05, 0) is 19.3 Å². The standard InChI is InChI=1S/C11H16N4O3/c1-2-3-6-15-9(11(17)18)8(13-14-15)10(16)12-7-4-5-7/h7H,2-6H2,1H3,(H,12,16)(H,17,18). The number of amides is 1. The Bertz CT molecular complexity index is 465. The van der Waals surface area contributed by atoms with E-state index in [2.05, 4.69) is 15.6 Å². The van der Waals surface area contributed by atoms with Gasteiger partial charge in [0.1, 0.15) is 0 Å². The normalized spacial score (nSPS) is 14.5. The van der Waals surface area contributed by atoms with E-state index in [0.717, 1.165) is 25.7 Å². The van der Waals surface area contributed by atoms with Gasteiger partial charge >= 0.3 is 5.97 Å². The lowest BCUT2D eigenvalue weighted by Crippen LogP contribution is -2.28. The molecule has 1 amide bonds. The fraction of sp³-hybridized carbons (Fsp3) is 0.636. The van der Waals surface area contributed by atoms with E-state index < -0.39 is 11.9 Å². The van der Waals surface area contributed by atoms with Crippen molar-refractivity contribution in [2.75, 3.05) is 0 Å². The number of carbonyl (C=O) groups is 2. The van der Waals surface area contributed by atoms with Crippen LogP contribution in [0.3, 0.4) is 0 Å². The highest BCUT2D eigenvalue weighted by molar-refractivity contribution is 6.02. The van der Waals surface area contributed by atoms with Gasteiger partial charge in [0.05, 0.1) is 0 Å². The zero-order chi connectivity index (χ0) is 13.1. The molecule has 0 radical (unpaired) electrons.